The second-order valence-electron chi connectivity index (χ2n) is 4.85. The smallest absolute Gasteiger partial charge is 0.308 e. The monoisotopic (exact) mass is 383 g/mol. The highest BCUT2D eigenvalue weighted by molar-refractivity contribution is 6.37. The molecule has 0 spiro atoms. The SMILES string of the molecule is Cc1c(Cl)cnc(NC(=O)COC(=O)CCNc2ncccn2)c1Cl. The number of anilines is 2. The predicted molar refractivity (Wildman–Crippen MR) is 93.7 cm³/mol. The van der Waals surface area contributed by atoms with E-state index in [1.165, 1.54) is 6.20 Å². The number of nitrogens with zero attached hydrogens (tertiary/aromatic N) is 3. The van der Waals surface area contributed by atoms with Gasteiger partial charge in [-0.3, -0.25) is 9.59 Å². The van der Waals surface area contributed by atoms with Gasteiger partial charge in [-0.05, 0) is 18.6 Å². The molecule has 0 aliphatic heterocycles. The molecule has 2 heterocycles. The summed E-state index contributed by atoms with van der Waals surface area (Å²) in [5, 5.41) is 5.95. The second kappa shape index (κ2) is 9.14. The van der Waals surface area contributed by atoms with Crippen LogP contribution in [0, 0.1) is 6.92 Å². The third kappa shape index (κ3) is 5.84. The van der Waals surface area contributed by atoms with Crippen molar-refractivity contribution in [3.8, 4) is 0 Å². The molecule has 2 aromatic heterocycles. The van der Waals surface area contributed by atoms with Crippen LogP contribution in [0.25, 0.3) is 0 Å². The highest BCUT2D eigenvalue weighted by atomic mass is 35.5. The van der Waals surface area contributed by atoms with Crippen LogP contribution in [0.15, 0.2) is 24.7 Å². The number of pyridine rings is 1. The zero-order valence-corrected chi connectivity index (χ0v) is 14.8. The summed E-state index contributed by atoms with van der Waals surface area (Å²) < 4.78 is 4.88. The summed E-state index contributed by atoms with van der Waals surface area (Å²) in [4.78, 5) is 35.2. The molecule has 0 fully saturated rings. The topological polar surface area (TPSA) is 106 Å². The van der Waals surface area contributed by atoms with Crippen molar-refractivity contribution in [1.82, 2.24) is 15.0 Å². The minimum absolute atomic E-state index is 0.0601. The van der Waals surface area contributed by atoms with E-state index in [-0.39, 0.29) is 23.8 Å². The number of carbonyl (C=O) groups is 2. The van der Waals surface area contributed by atoms with Crippen LogP contribution in [0.4, 0.5) is 11.8 Å². The molecular weight excluding hydrogens is 369 g/mol. The third-order valence-corrected chi connectivity index (χ3v) is 3.85. The van der Waals surface area contributed by atoms with E-state index in [1.807, 2.05) is 0 Å². The maximum Gasteiger partial charge on any atom is 0.308 e. The Morgan fingerprint density at radius 2 is 1.92 bits per heavy atom. The van der Waals surface area contributed by atoms with E-state index in [4.69, 9.17) is 27.9 Å². The number of hydrogen-bond acceptors (Lipinski definition) is 7. The van der Waals surface area contributed by atoms with Crippen LogP contribution in [-0.2, 0) is 14.3 Å². The van der Waals surface area contributed by atoms with Crippen LogP contribution >= 0.6 is 23.2 Å². The molecule has 2 aromatic rings. The van der Waals surface area contributed by atoms with E-state index in [2.05, 4.69) is 25.6 Å². The molecule has 0 aromatic carbocycles. The number of esters is 1. The first-order chi connectivity index (χ1) is 12.0. The third-order valence-electron chi connectivity index (χ3n) is 3.00. The van der Waals surface area contributed by atoms with Gasteiger partial charge in [0.2, 0.25) is 5.95 Å². The minimum atomic E-state index is -0.552. The van der Waals surface area contributed by atoms with E-state index >= 15 is 0 Å². The molecule has 0 bridgehead atoms. The van der Waals surface area contributed by atoms with Crippen LogP contribution in [0.1, 0.15) is 12.0 Å². The Kier molecular flexibility index (Phi) is 6.91. The number of carbonyl (C=O) groups excluding carboxylic acids is 2. The van der Waals surface area contributed by atoms with Gasteiger partial charge in [0.15, 0.2) is 12.4 Å². The summed E-state index contributed by atoms with van der Waals surface area (Å²) >= 11 is 11.9. The van der Waals surface area contributed by atoms with Crippen LogP contribution in [0.3, 0.4) is 0 Å². The van der Waals surface area contributed by atoms with Crippen molar-refractivity contribution in [3.63, 3.8) is 0 Å². The zero-order chi connectivity index (χ0) is 18.2. The van der Waals surface area contributed by atoms with E-state index in [9.17, 15) is 9.59 Å². The quantitative estimate of drug-likeness (QED) is 0.707. The number of ether oxygens (including phenoxy) is 1. The molecule has 1 amide bonds. The van der Waals surface area contributed by atoms with Crippen LogP contribution in [0.2, 0.25) is 10.0 Å². The number of aromatic nitrogens is 3. The highest BCUT2D eigenvalue weighted by Gasteiger charge is 2.13. The zero-order valence-electron chi connectivity index (χ0n) is 13.3. The molecule has 0 radical (unpaired) electrons. The summed E-state index contributed by atoms with van der Waals surface area (Å²) in [5.74, 6) is -0.520. The van der Waals surface area contributed by atoms with Crippen LogP contribution in [0.5, 0.6) is 0 Å². The average Bonchev–Trinajstić information content (AvgIpc) is 2.61. The molecule has 8 nitrogen and oxygen atoms in total. The Balaban J connectivity index is 1.72. The number of rotatable bonds is 7. The van der Waals surface area contributed by atoms with Crippen molar-refractivity contribution in [1.29, 1.82) is 0 Å². The average molecular weight is 384 g/mol. The lowest BCUT2D eigenvalue weighted by atomic mass is 10.3. The lowest BCUT2D eigenvalue weighted by molar-refractivity contribution is -0.147. The second-order valence-corrected chi connectivity index (χ2v) is 5.64. The van der Waals surface area contributed by atoms with Gasteiger partial charge < -0.3 is 15.4 Å². The highest BCUT2D eigenvalue weighted by Crippen LogP contribution is 2.28. The Labute approximate surface area is 153 Å². The summed E-state index contributed by atoms with van der Waals surface area (Å²) in [6.45, 7) is 1.54. The standard InChI is InChI=1S/C15H15Cl2N5O3/c1-9-10(16)7-21-14(13(9)17)22-11(23)8-25-12(24)3-6-20-15-18-4-2-5-19-15/h2,4-5,7H,3,6,8H2,1H3,(H,18,19,20)(H,21,22,23). The van der Waals surface area contributed by atoms with E-state index in [1.54, 1.807) is 25.4 Å². The predicted octanol–water partition coefficient (Wildman–Crippen LogP) is 2.47. The molecule has 132 valence electrons. The minimum Gasteiger partial charge on any atom is -0.456 e. The molecule has 10 heteroatoms. The number of hydrogen-bond donors (Lipinski definition) is 2. The number of nitrogens with one attached hydrogen (secondary N) is 2. The van der Waals surface area contributed by atoms with Gasteiger partial charge >= 0.3 is 5.97 Å². The maximum absolute atomic E-state index is 11.8. The Morgan fingerprint density at radius 3 is 2.64 bits per heavy atom. The first-order valence-corrected chi connectivity index (χ1v) is 8.00. The summed E-state index contributed by atoms with van der Waals surface area (Å²) in [5.41, 5.74) is 0.597. The summed E-state index contributed by atoms with van der Waals surface area (Å²) in [6.07, 6.45) is 4.59. The molecule has 0 saturated carbocycles. The van der Waals surface area contributed by atoms with Crippen molar-refractivity contribution in [3.05, 3.63) is 40.3 Å². The maximum atomic E-state index is 11.8. The normalized spacial score (nSPS) is 10.2. The summed E-state index contributed by atoms with van der Waals surface area (Å²) in [6, 6.07) is 1.68. The van der Waals surface area contributed by atoms with Gasteiger partial charge in [0.25, 0.3) is 5.91 Å². The number of halogens is 2. The van der Waals surface area contributed by atoms with Gasteiger partial charge in [0.1, 0.15) is 0 Å². The molecule has 0 atom stereocenters. The van der Waals surface area contributed by atoms with Gasteiger partial charge in [0, 0.05) is 25.1 Å². The Morgan fingerprint density at radius 1 is 1.20 bits per heavy atom. The number of amides is 1. The molecule has 0 aliphatic carbocycles. The van der Waals surface area contributed by atoms with Gasteiger partial charge in [-0.25, -0.2) is 15.0 Å². The van der Waals surface area contributed by atoms with Gasteiger partial charge in [0.05, 0.1) is 16.5 Å². The first kappa shape index (κ1) is 18.9. The fourth-order valence-electron chi connectivity index (χ4n) is 1.70. The molecular formula is C15H15Cl2N5O3. The molecule has 0 unspecified atom stereocenters. The van der Waals surface area contributed by atoms with Crippen molar-refractivity contribution in [2.24, 2.45) is 0 Å². The van der Waals surface area contributed by atoms with Crippen molar-refractivity contribution < 1.29 is 14.3 Å². The molecule has 2 N–H and O–H groups in total. The fraction of sp³-hybridized carbons (Fsp3) is 0.267. The molecule has 0 aliphatic rings. The fourth-order valence-corrected chi connectivity index (χ4v) is 2.09. The largest absolute Gasteiger partial charge is 0.456 e. The van der Waals surface area contributed by atoms with Crippen molar-refractivity contribution in [2.75, 3.05) is 23.8 Å². The molecule has 25 heavy (non-hydrogen) atoms. The Bertz CT molecular complexity index is 758. The van der Waals surface area contributed by atoms with Crippen molar-refractivity contribution in [2.45, 2.75) is 13.3 Å². The first-order valence-electron chi connectivity index (χ1n) is 7.24. The Hall–Kier alpha value is -2.45. The summed E-state index contributed by atoms with van der Waals surface area (Å²) in [7, 11) is 0. The van der Waals surface area contributed by atoms with E-state index in [0.29, 0.717) is 16.5 Å². The van der Waals surface area contributed by atoms with E-state index in [0.717, 1.165) is 0 Å². The van der Waals surface area contributed by atoms with Gasteiger partial charge in [-0.1, -0.05) is 23.2 Å². The molecule has 2 rings (SSSR count). The van der Waals surface area contributed by atoms with E-state index < -0.39 is 18.5 Å². The van der Waals surface area contributed by atoms with Crippen LogP contribution < -0.4 is 10.6 Å². The van der Waals surface area contributed by atoms with Gasteiger partial charge in [-0.15, -0.1) is 0 Å². The lowest BCUT2D eigenvalue weighted by Gasteiger charge is -2.09. The van der Waals surface area contributed by atoms with Gasteiger partial charge in [-0.2, -0.15) is 0 Å². The molecule has 0 saturated heterocycles. The van der Waals surface area contributed by atoms with Crippen LogP contribution in [-0.4, -0.2) is 40.0 Å². The van der Waals surface area contributed by atoms with Crippen molar-refractivity contribution >= 4 is 46.8 Å². The lowest BCUT2D eigenvalue weighted by Crippen LogP contribution is -2.22.